The van der Waals surface area contributed by atoms with E-state index in [1.165, 1.54) is 6.08 Å². The Hall–Kier alpha value is -2.23. The van der Waals surface area contributed by atoms with Gasteiger partial charge in [0.15, 0.2) is 0 Å². The Morgan fingerprint density at radius 1 is 1.47 bits per heavy atom. The predicted octanol–water partition coefficient (Wildman–Crippen LogP) is 2.02. The van der Waals surface area contributed by atoms with Crippen molar-refractivity contribution >= 4 is 11.9 Å². The second kappa shape index (κ2) is 4.74. The lowest BCUT2D eigenvalue weighted by atomic mass is 10.2. The summed E-state index contributed by atoms with van der Waals surface area (Å²) in [5, 5.41) is 4.14. The summed E-state index contributed by atoms with van der Waals surface area (Å²) in [5.74, 6) is -0.0584. The van der Waals surface area contributed by atoms with Gasteiger partial charge in [-0.2, -0.15) is 5.10 Å². The van der Waals surface area contributed by atoms with Crippen LogP contribution in [0.1, 0.15) is 21.7 Å². The number of allylic oxidation sites excluding steroid dienone is 1. The molecule has 0 amide bonds. The van der Waals surface area contributed by atoms with E-state index in [0.717, 1.165) is 11.3 Å². The fourth-order valence-electron chi connectivity index (χ4n) is 1.57. The molecule has 0 bridgehead atoms. The summed E-state index contributed by atoms with van der Waals surface area (Å²) in [6, 6.07) is 5.50. The molecule has 0 spiro atoms. The number of hydrogen-bond acceptors (Lipinski definition) is 3. The lowest BCUT2D eigenvalue weighted by Crippen LogP contribution is -2.03. The molecule has 4 heteroatoms. The third-order valence-corrected chi connectivity index (χ3v) is 2.37. The number of aromatic nitrogens is 3. The van der Waals surface area contributed by atoms with Crippen LogP contribution in [0.5, 0.6) is 0 Å². The monoisotopic (exact) mass is 227 g/mol. The molecule has 2 heterocycles. The molecular weight excluding hydrogens is 214 g/mol. The van der Waals surface area contributed by atoms with E-state index in [4.69, 9.17) is 0 Å². The van der Waals surface area contributed by atoms with Gasteiger partial charge in [0, 0.05) is 19.4 Å². The third-order valence-electron chi connectivity index (χ3n) is 2.37. The Morgan fingerprint density at radius 3 is 2.88 bits per heavy atom. The maximum absolute atomic E-state index is 11.9. The second-order valence-corrected chi connectivity index (χ2v) is 3.78. The van der Waals surface area contributed by atoms with E-state index in [1.54, 1.807) is 36.3 Å². The molecule has 2 aromatic heterocycles. The van der Waals surface area contributed by atoms with Crippen LogP contribution in [0.3, 0.4) is 0 Å². The molecule has 0 saturated heterocycles. The van der Waals surface area contributed by atoms with E-state index in [2.05, 4.69) is 10.1 Å². The highest BCUT2D eigenvalue weighted by Crippen LogP contribution is 2.06. The van der Waals surface area contributed by atoms with E-state index >= 15 is 0 Å². The first-order valence-electron chi connectivity index (χ1n) is 5.30. The van der Waals surface area contributed by atoms with Crippen molar-refractivity contribution in [3.8, 4) is 0 Å². The van der Waals surface area contributed by atoms with E-state index in [-0.39, 0.29) is 5.78 Å². The molecular formula is C13H13N3O. The second-order valence-electron chi connectivity index (χ2n) is 3.78. The Kier molecular flexibility index (Phi) is 3.14. The van der Waals surface area contributed by atoms with Crippen LogP contribution in [0.4, 0.5) is 0 Å². The minimum atomic E-state index is -0.0584. The number of carbonyl (C=O) groups is 1. The average Bonchev–Trinajstić information content (AvgIpc) is 2.67. The van der Waals surface area contributed by atoms with Crippen molar-refractivity contribution in [1.82, 2.24) is 14.8 Å². The van der Waals surface area contributed by atoms with Gasteiger partial charge in [0.05, 0.1) is 5.69 Å². The number of rotatable bonds is 3. The average molecular weight is 227 g/mol. The normalized spacial score (nSPS) is 10.9. The molecule has 0 atom stereocenters. The van der Waals surface area contributed by atoms with Crippen LogP contribution >= 0.6 is 0 Å². The van der Waals surface area contributed by atoms with Gasteiger partial charge < -0.3 is 0 Å². The van der Waals surface area contributed by atoms with Gasteiger partial charge in [-0.1, -0.05) is 6.07 Å². The Morgan fingerprint density at radius 2 is 2.29 bits per heavy atom. The van der Waals surface area contributed by atoms with Crippen molar-refractivity contribution in [2.45, 2.75) is 6.92 Å². The number of nitrogens with zero attached hydrogens (tertiary/aromatic N) is 3. The van der Waals surface area contributed by atoms with Crippen LogP contribution in [-0.4, -0.2) is 20.5 Å². The first kappa shape index (κ1) is 11.3. The van der Waals surface area contributed by atoms with Crippen LogP contribution in [0, 0.1) is 6.92 Å². The summed E-state index contributed by atoms with van der Waals surface area (Å²) in [6.45, 7) is 1.86. The Balaban J connectivity index is 2.18. The van der Waals surface area contributed by atoms with Crippen LogP contribution in [0.15, 0.2) is 36.7 Å². The first-order valence-corrected chi connectivity index (χ1v) is 5.30. The van der Waals surface area contributed by atoms with Gasteiger partial charge in [-0.25, -0.2) is 0 Å². The molecule has 0 aliphatic heterocycles. The van der Waals surface area contributed by atoms with Gasteiger partial charge in [-0.05, 0) is 36.8 Å². The molecule has 2 aromatic rings. The molecule has 0 aliphatic carbocycles. The van der Waals surface area contributed by atoms with Crippen LogP contribution in [0.2, 0.25) is 0 Å². The number of hydrogen-bond donors (Lipinski definition) is 0. The molecule has 0 radical (unpaired) electrons. The molecule has 0 aromatic carbocycles. The minimum absolute atomic E-state index is 0.0584. The highest BCUT2D eigenvalue weighted by molar-refractivity contribution is 6.05. The lowest BCUT2D eigenvalue weighted by molar-refractivity contribution is 0.103. The number of aryl methyl sites for hydroxylation is 2. The Bertz CT molecular complexity index is 555. The zero-order valence-corrected chi connectivity index (χ0v) is 9.79. The highest BCUT2D eigenvalue weighted by Gasteiger charge is 2.08. The van der Waals surface area contributed by atoms with Crippen LogP contribution < -0.4 is 0 Å². The molecule has 0 fully saturated rings. The summed E-state index contributed by atoms with van der Waals surface area (Å²) >= 11 is 0. The zero-order chi connectivity index (χ0) is 12.3. The summed E-state index contributed by atoms with van der Waals surface area (Å²) in [5.41, 5.74) is 2.33. The van der Waals surface area contributed by atoms with Gasteiger partial charge >= 0.3 is 0 Å². The van der Waals surface area contributed by atoms with Crippen molar-refractivity contribution in [2.24, 2.45) is 7.05 Å². The first-order chi connectivity index (χ1) is 8.16. The Labute approximate surface area is 99.6 Å². The molecule has 17 heavy (non-hydrogen) atoms. The molecule has 0 unspecified atom stereocenters. The smallest absolute Gasteiger partial charge is 0.203 e. The van der Waals surface area contributed by atoms with Gasteiger partial charge in [0.1, 0.15) is 5.69 Å². The summed E-state index contributed by atoms with van der Waals surface area (Å²) in [4.78, 5) is 15.9. The van der Waals surface area contributed by atoms with Gasteiger partial charge in [0.25, 0.3) is 0 Å². The fourth-order valence-corrected chi connectivity index (χ4v) is 1.57. The van der Waals surface area contributed by atoms with Crippen molar-refractivity contribution in [3.05, 3.63) is 53.6 Å². The van der Waals surface area contributed by atoms with Gasteiger partial charge in [0.2, 0.25) is 5.78 Å². The molecule has 2 rings (SSSR count). The molecule has 86 valence electrons. The van der Waals surface area contributed by atoms with Crippen molar-refractivity contribution < 1.29 is 4.79 Å². The minimum Gasteiger partial charge on any atom is -0.288 e. The van der Waals surface area contributed by atoms with E-state index in [9.17, 15) is 4.79 Å². The maximum atomic E-state index is 11.9. The molecule has 4 nitrogen and oxygen atoms in total. The van der Waals surface area contributed by atoms with Crippen molar-refractivity contribution in [2.75, 3.05) is 0 Å². The number of ketones is 1. The van der Waals surface area contributed by atoms with Gasteiger partial charge in [-0.15, -0.1) is 0 Å². The number of carbonyl (C=O) groups excluding carboxylic acids is 1. The third kappa shape index (κ3) is 2.66. The topological polar surface area (TPSA) is 47.8 Å². The summed E-state index contributed by atoms with van der Waals surface area (Å²) in [7, 11) is 1.76. The van der Waals surface area contributed by atoms with Crippen LogP contribution in [0.25, 0.3) is 6.08 Å². The van der Waals surface area contributed by atoms with Crippen LogP contribution in [-0.2, 0) is 7.05 Å². The lowest BCUT2D eigenvalue weighted by Gasteiger charge is -1.95. The predicted molar refractivity (Wildman–Crippen MR) is 65.5 cm³/mol. The summed E-state index contributed by atoms with van der Waals surface area (Å²) in [6.07, 6.45) is 6.69. The highest BCUT2D eigenvalue weighted by atomic mass is 16.1. The molecule has 0 aliphatic rings. The van der Waals surface area contributed by atoms with Crippen molar-refractivity contribution in [3.63, 3.8) is 0 Å². The standard InChI is InChI=1S/C13H13N3O/c1-10-8-12(16(2)15-10)13(17)6-5-11-4-3-7-14-9-11/h3-9H,1-2H3/b6-5+. The number of pyridine rings is 1. The summed E-state index contributed by atoms with van der Waals surface area (Å²) < 4.78 is 1.59. The molecule has 0 N–H and O–H groups in total. The fraction of sp³-hybridized carbons (Fsp3) is 0.154. The SMILES string of the molecule is Cc1cc(C(=O)/C=C/c2cccnc2)n(C)n1. The largest absolute Gasteiger partial charge is 0.288 e. The van der Waals surface area contributed by atoms with E-state index in [0.29, 0.717) is 5.69 Å². The zero-order valence-electron chi connectivity index (χ0n) is 9.79. The van der Waals surface area contributed by atoms with E-state index < -0.39 is 0 Å². The quantitative estimate of drug-likeness (QED) is 0.595. The maximum Gasteiger partial charge on any atom is 0.203 e. The van der Waals surface area contributed by atoms with E-state index in [1.807, 2.05) is 19.1 Å². The van der Waals surface area contributed by atoms with Gasteiger partial charge in [-0.3, -0.25) is 14.5 Å². The molecule has 0 saturated carbocycles. The van der Waals surface area contributed by atoms with Crippen molar-refractivity contribution in [1.29, 1.82) is 0 Å².